The summed E-state index contributed by atoms with van der Waals surface area (Å²) in [6, 6.07) is 10.3. The molecular formula is C15H13Cl2N3O3. The molecule has 0 unspecified atom stereocenters. The Morgan fingerprint density at radius 2 is 1.83 bits per heavy atom. The summed E-state index contributed by atoms with van der Waals surface area (Å²) < 4.78 is 0. The Labute approximate surface area is 142 Å². The molecule has 0 heterocycles. The number of non-ortho nitro benzene ring substituents is 1. The van der Waals surface area contributed by atoms with E-state index in [4.69, 9.17) is 28.9 Å². The predicted octanol–water partition coefficient (Wildman–Crippen LogP) is 3.51. The lowest BCUT2D eigenvalue weighted by atomic mass is 10.1. The van der Waals surface area contributed by atoms with Crippen LogP contribution in [0.3, 0.4) is 0 Å². The van der Waals surface area contributed by atoms with Crippen LogP contribution in [0.2, 0.25) is 10.0 Å². The van der Waals surface area contributed by atoms with Crippen LogP contribution in [-0.4, -0.2) is 23.9 Å². The standard InChI is InChI=1S/C15H13Cl2N3O3/c16-10-1-3-11(4-2-10)19(8-7-18)15(21)13-9-12(20(22)23)5-6-14(13)17/h1-6,9H,7-8,18H2. The number of hydrogen-bond acceptors (Lipinski definition) is 4. The van der Waals surface area contributed by atoms with Crippen molar-refractivity contribution < 1.29 is 9.72 Å². The minimum absolute atomic E-state index is 0.0456. The van der Waals surface area contributed by atoms with Crippen LogP contribution in [-0.2, 0) is 0 Å². The Morgan fingerprint density at radius 1 is 1.17 bits per heavy atom. The highest BCUT2D eigenvalue weighted by molar-refractivity contribution is 6.34. The fourth-order valence-electron chi connectivity index (χ4n) is 2.03. The van der Waals surface area contributed by atoms with Crippen LogP contribution in [0.1, 0.15) is 10.4 Å². The average Bonchev–Trinajstić information content (AvgIpc) is 2.53. The number of carbonyl (C=O) groups excluding carboxylic acids is 1. The molecule has 2 rings (SSSR count). The highest BCUT2D eigenvalue weighted by atomic mass is 35.5. The van der Waals surface area contributed by atoms with Gasteiger partial charge < -0.3 is 10.6 Å². The number of nitrogens with zero attached hydrogens (tertiary/aromatic N) is 2. The van der Waals surface area contributed by atoms with Gasteiger partial charge in [-0.15, -0.1) is 0 Å². The van der Waals surface area contributed by atoms with Gasteiger partial charge in [0, 0.05) is 35.9 Å². The largest absolute Gasteiger partial charge is 0.329 e. The monoisotopic (exact) mass is 353 g/mol. The zero-order valence-electron chi connectivity index (χ0n) is 11.9. The van der Waals surface area contributed by atoms with Crippen molar-refractivity contribution >= 4 is 40.5 Å². The summed E-state index contributed by atoms with van der Waals surface area (Å²) >= 11 is 11.9. The number of hydrogen-bond donors (Lipinski definition) is 1. The van der Waals surface area contributed by atoms with Gasteiger partial charge in [0.25, 0.3) is 11.6 Å². The number of anilines is 1. The lowest BCUT2D eigenvalue weighted by molar-refractivity contribution is -0.384. The Kier molecular flexibility index (Phi) is 5.54. The molecule has 0 saturated carbocycles. The SMILES string of the molecule is NCCN(C(=O)c1cc([N+](=O)[O-])ccc1Cl)c1ccc(Cl)cc1. The first-order valence-corrected chi connectivity index (χ1v) is 7.41. The molecule has 2 aromatic carbocycles. The van der Waals surface area contributed by atoms with E-state index in [-0.39, 0.29) is 29.4 Å². The zero-order chi connectivity index (χ0) is 17.0. The molecule has 0 bridgehead atoms. The van der Waals surface area contributed by atoms with E-state index in [1.54, 1.807) is 24.3 Å². The first-order valence-electron chi connectivity index (χ1n) is 6.65. The fourth-order valence-corrected chi connectivity index (χ4v) is 2.36. The Hall–Kier alpha value is -2.15. The number of benzene rings is 2. The molecule has 0 aliphatic carbocycles. The molecule has 0 aromatic heterocycles. The maximum Gasteiger partial charge on any atom is 0.270 e. The molecule has 0 atom stereocenters. The fraction of sp³-hybridized carbons (Fsp3) is 0.133. The molecule has 8 heteroatoms. The van der Waals surface area contributed by atoms with Crippen molar-refractivity contribution in [2.75, 3.05) is 18.0 Å². The Morgan fingerprint density at radius 3 is 2.39 bits per heavy atom. The van der Waals surface area contributed by atoms with Gasteiger partial charge in [-0.2, -0.15) is 0 Å². The van der Waals surface area contributed by atoms with Crippen molar-refractivity contribution in [1.82, 2.24) is 0 Å². The van der Waals surface area contributed by atoms with Gasteiger partial charge in [-0.1, -0.05) is 23.2 Å². The van der Waals surface area contributed by atoms with Crippen LogP contribution >= 0.6 is 23.2 Å². The van der Waals surface area contributed by atoms with E-state index in [0.717, 1.165) is 6.07 Å². The van der Waals surface area contributed by atoms with Gasteiger partial charge in [-0.3, -0.25) is 14.9 Å². The molecule has 0 radical (unpaired) electrons. The van der Waals surface area contributed by atoms with Crippen LogP contribution in [0.4, 0.5) is 11.4 Å². The Balaban J connectivity index is 2.43. The highest BCUT2D eigenvalue weighted by Gasteiger charge is 2.22. The molecule has 2 N–H and O–H groups in total. The van der Waals surface area contributed by atoms with Gasteiger partial charge in [0.05, 0.1) is 15.5 Å². The van der Waals surface area contributed by atoms with Crippen molar-refractivity contribution in [2.24, 2.45) is 5.73 Å². The Bertz CT molecular complexity index is 735. The molecular weight excluding hydrogens is 341 g/mol. The van der Waals surface area contributed by atoms with E-state index in [1.165, 1.54) is 17.0 Å². The van der Waals surface area contributed by atoms with Crippen molar-refractivity contribution in [3.8, 4) is 0 Å². The molecule has 0 aliphatic rings. The van der Waals surface area contributed by atoms with Crippen LogP contribution in [0, 0.1) is 10.1 Å². The number of halogens is 2. The summed E-state index contributed by atoms with van der Waals surface area (Å²) in [6.07, 6.45) is 0. The minimum atomic E-state index is -0.581. The molecule has 0 saturated heterocycles. The van der Waals surface area contributed by atoms with Gasteiger partial charge in [-0.25, -0.2) is 0 Å². The van der Waals surface area contributed by atoms with E-state index in [2.05, 4.69) is 0 Å². The first kappa shape index (κ1) is 17.2. The van der Waals surface area contributed by atoms with Crippen molar-refractivity contribution in [3.63, 3.8) is 0 Å². The maximum absolute atomic E-state index is 12.7. The van der Waals surface area contributed by atoms with E-state index < -0.39 is 10.8 Å². The number of nitro groups is 1. The zero-order valence-corrected chi connectivity index (χ0v) is 13.4. The van der Waals surface area contributed by atoms with E-state index in [1.807, 2.05) is 0 Å². The summed E-state index contributed by atoms with van der Waals surface area (Å²) in [5.74, 6) is -0.466. The normalized spacial score (nSPS) is 10.4. The van der Waals surface area contributed by atoms with Crippen molar-refractivity contribution in [1.29, 1.82) is 0 Å². The van der Waals surface area contributed by atoms with Crippen LogP contribution in [0.5, 0.6) is 0 Å². The average molecular weight is 354 g/mol. The lowest BCUT2D eigenvalue weighted by Crippen LogP contribution is -2.35. The van der Waals surface area contributed by atoms with Crippen molar-refractivity contribution in [3.05, 3.63) is 68.2 Å². The summed E-state index contributed by atoms with van der Waals surface area (Å²) in [5, 5.41) is 11.6. The van der Waals surface area contributed by atoms with Crippen LogP contribution in [0.15, 0.2) is 42.5 Å². The predicted molar refractivity (Wildman–Crippen MR) is 90.3 cm³/mol. The summed E-state index contributed by atoms with van der Waals surface area (Å²) in [5.41, 5.74) is 5.98. The van der Waals surface area contributed by atoms with Gasteiger partial charge in [0.15, 0.2) is 0 Å². The number of nitrogens with two attached hydrogens (primary N) is 1. The maximum atomic E-state index is 12.7. The van der Waals surface area contributed by atoms with E-state index in [9.17, 15) is 14.9 Å². The summed E-state index contributed by atoms with van der Waals surface area (Å²) in [6.45, 7) is 0.459. The second-order valence-corrected chi connectivity index (χ2v) is 5.49. The highest BCUT2D eigenvalue weighted by Crippen LogP contribution is 2.26. The third-order valence-electron chi connectivity index (χ3n) is 3.13. The van der Waals surface area contributed by atoms with Gasteiger partial charge in [-0.05, 0) is 30.3 Å². The van der Waals surface area contributed by atoms with Gasteiger partial charge in [0.1, 0.15) is 0 Å². The topological polar surface area (TPSA) is 89.5 Å². The molecule has 6 nitrogen and oxygen atoms in total. The number of carbonyl (C=O) groups is 1. The smallest absolute Gasteiger partial charge is 0.270 e. The minimum Gasteiger partial charge on any atom is -0.329 e. The molecule has 0 fully saturated rings. The van der Waals surface area contributed by atoms with Crippen LogP contribution in [0.25, 0.3) is 0 Å². The quantitative estimate of drug-likeness (QED) is 0.657. The van der Waals surface area contributed by atoms with E-state index in [0.29, 0.717) is 10.7 Å². The molecule has 120 valence electrons. The number of rotatable bonds is 5. The molecule has 1 amide bonds. The third kappa shape index (κ3) is 3.98. The van der Waals surface area contributed by atoms with E-state index >= 15 is 0 Å². The lowest BCUT2D eigenvalue weighted by Gasteiger charge is -2.22. The second-order valence-electron chi connectivity index (χ2n) is 4.64. The molecule has 2 aromatic rings. The summed E-state index contributed by atoms with van der Waals surface area (Å²) in [7, 11) is 0. The molecule has 23 heavy (non-hydrogen) atoms. The number of amides is 1. The summed E-state index contributed by atoms with van der Waals surface area (Å²) in [4.78, 5) is 24.5. The number of nitro benzene ring substituents is 1. The third-order valence-corrected chi connectivity index (χ3v) is 3.71. The van der Waals surface area contributed by atoms with Gasteiger partial charge in [0.2, 0.25) is 0 Å². The first-order chi connectivity index (χ1) is 10.9. The van der Waals surface area contributed by atoms with Crippen molar-refractivity contribution in [2.45, 2.75) is 0 Å². The molecule has 0 spiro atoms. The second kappa shape index (κ2) is 7.41. The molecule has 0 aliphatic heterocycles. The van der Waals surface area contributed by atoms with Crippen LogP contribution < -0.4 is 10.6 Å². The van der Waals surface area contributed by atoms with Gasteiger partial charge >= 0.3 is 0 Å².